The summed E-state index contributed by atoms with van der Waals surface area (Å²) < 4.78 is 4.58. The van der Waals surface area contributed by atoms with Gasteiger partial charge in [0.15, 0.2) is 0 Å². The normalized spacial score (nSPS) is 11.2. The fraction of sp³-hybridized carbons (Fsp3) is 0. The third-order valence-electron chi connectivity index (χ3n) is 5.41. The van der Waals surface area contributed by atoms with E-state index in [1.807, 2.05) is 30.5 Å². The van der Waals surface area contributed by atoms with E-state index in [4.69, 9.17) is 4.99 Å². The second-order valence-electron chi connectivity index (χ2n) is 7.61. The molecule has 160 valence electrons. The first-order chi connectivity index (χ1) is 16.2. The molecule has 0 radical (unpaired) electrons. The van der Waals surface area contributed by atoms with Crippen molar-refractivity contribution in [1.29, 1.82) is 0 Å². The second kappa shape index (κ2) is 9.89. The van der Waals surface area contributed by atoms with E-state index in [2.05, 4.69) is 134 Å². The van der Waals surface area contributed by atoms with Crippen LogP contribution in [0.4, 0.5) is 5.69 Å². The van der Waals surface area contributed by atoms with Gasteiger partial charge in [0.25, 0.3) is 0 Å². The Morgan fingerprint density at radius 2 is 1.30 bits per heavy atom. The average Bonchev–Trinajstić information content (AvgIpc) is 3.25. The van der Waals surface area contributed by atoms with Crippen molar-refractivity contribution in [3.63, 3.8) is 0 Å². The molecule has 0 fully saturated rings. The Kier molecular flexibility index (Phi) is 6.55. The zero-order valence-electron chi connectivity index (χ0n) is 17.7. The Morgan fingerprint density at radius 3 is 1.94 bits per heavy atom. The molecule has 0 aliphatic heterocycles. The highest BCUT2D eigenvalue weighted by Crippen LogP contribution is 2.36. The van der Waals surface area contributed by atoms with E-state index in [0.717, 1.165) is 43.9 Å². The summed E-state index contributed by atoms with van der Waals surface area (Å²) in [5, 5.41) is 0. The van der Waals surface area contributed by atoms with Crippen LogP contribution in [0.25, 0.3) is 28.2 Å². The molecule has 0 aliphatic rings. The van der Waals surface area contributed by atoms with Crippen LogP contribution < -0.4 is 0 Å². The first-order valence-corrected chi connectivity index (χ1v) is 12.5. The first kappa shape index (κ1) is 21.9. The molecule has 0 bridgehead atoms. The lowest BCUT2D eigenvalue weighted by molar-refractivity contribution is 1.09. The Hall–Kier alpha value is -2.96. The summed E-state index contributed by atoms with van der Waals surface area (Å²) in [5.41, 5.74) is 7.66. The van der Waals surface area contributed by atoms with Gasteiger partial charge in [-0.15, -0.1) is 0 Å². The summed E-state index contributed by atoms with van der Waals surface area (Å²) in [6.07, 6.45) is 1.98. The van der Waals surface area contributed by atoms with Crippen LogP contribution >= 0.6 is 38.5 Å². The van der Waals surface area contributed by atoms with Crippen molar-refractivity contribution < 1.29 is 0 Å². The van der Waals surface area contributed by atoms with Crippen LogP contribution in [0.15, 0.2) is 125 Å². The van der Waals surface area contributed by atoms with Crippen molar-refractivity contribution in [1.82, 2.24) is 4.57 Å². The van der Waals surface area contributed by atoms with E-state index in [-0.39, 0.29) is 0 Å². The molecule has 2 nitrogen and oxygen atoms in total. The smallest absolute Gasteiger partial charge is 0.0630 e. The number of aromatic nitrogens is 1. The van der Waals surface area contributed by atoms with Gasteiger partial charge in [-0.3, -0.25) is 4.99 Å². The number of halogens is 2. The molecule has 0 N–H and O–H groups in total. The lowest BCUT2D eigenvalue weighted by Crippen LogP contribution is -2.00. The van der Waals surface area contributed by atoms with E-state index in [1.54, 1.807) is 0 Å². The largest absolute Gasteiger partial charge is 0.309 e. The van der Waals surface area contributed by atoms with Crippen molar-refractivity contribution in [2.75, 3.05) is 0 Å². The third kappa shape index (κ3) is 4.87. The molecule has 4 aromatic carbocycles. The predicted octanol–water partition coefficient (Wildman–Crippen LogP) is 8.93. The predicted molar refractivity (Wildman–Crippen MR) is 151 cm³/mol. The molecule has 0 unspecified atom stereocenters. The first-order valence-electron chi connectivity index (χ1n) is 10.6. The Morgan fingerprint density at radius 1 is 0.697 bits per heavy atom. The summed E-state index contributed by atoms with van der Waals surface area (Å²) >= 11 is 5.89. The minimum Gasteiger partial charge on any atom is -0.309 e. The fourth-order valence-corrected chi connectivity index (χ4v) is 4.49. The van der Waals surface area contributed by atoms with Crippen LogP contribution in [-0.2, 0) is 0 Å². The van der Waals surface area contributed by atoms with Crippen LogP contribution in [0.5, 0.6) is 0 Å². The van der Waals surface area contributed by atoms with E-state index in [1.165, 1.54) is 3.57 Å². The molecule has 0 amide bonds. The molecule has 0 spiro atoms. The zero-order valence-corrected chi connectivity index (χ0v) is 21.4. The van der Waals surface area contributed by atoms with Crippen LogP contribution in [0, 0.1) is 3.57 Å². The van der Waals surface area contributed by atoms with E-state index in [0.29, 0.717) is 0 Å². The minimum atomic E-state index is 0.937. The molecule has 0 saturated heterocycles. The summed E-state index contributed by atoms with van der Waals surface area (Å²) in [4.78, 5) is 4.81. The van der Waals surface area contributed by atoms with Gasteiger partial charge in [0, 0.05) is 25.5 Å². The van der Waals surface area contributed by atoms with Crippen LogP contribution in [0.3, 0.4) is 0 Å². The third-order valence-corrected chi connectivity index (χ3v) is 6.66. The lowest BCUT2D eigenvalue weighted by atomic mass is 10.1. The van der Waals surface area contributed by atoms with Gasteiger partial charge in [-0.25, -0.2) is 0 Å². The van der Waals surface area contributed by atoms with Gasteiger partial charge < -0.3 is 4.57 Å². The van der Waals surface area contributed by atoms with Crippen LogP contribution in [0.2, 0.25) is 0 Å². The number of hydrogen-bond acceptors (Lipinski definition) is 1. The molecule has 5 rings (SSSR count). The molecule has 1 aromatic heterocycles. The molecule has 0 saturated carbocycles. The number of hydrogen-bond donors (Lipinski definition) is 0. The molecular weight excluding hydrogens is 583 g/mol. The van der Waals surface area contributed by atoms with E-state index in [9.17, 15) is 0 Å². The Bertz CT molecular complexity index is 1390. The molecule has 4 heteroatoms. The summed E-state index contributed by atoms with van der Waals surface area (Å²) in [6.45, 7) is 0. The monoisotopic (exact) mass is 602 g/mol. The number of nitrogens with zero attached hydrogens (tertiary/aromatic N) is 2. The highest BCUT2D eigenvalue weighted by Gasteiger charge is 2.18. The molecule has 0 atom stereocenters. The molecule has 0 aliphatic carbocycles. The SMILES string of the molecule is Brc1ccc(-n2c(-c3ccccc3)cc(C=Nc3ccc(I)cc3)c2-c2ccccc2)cc1. The maximum Gasteiger partial charge on any atom is 0.0630 e. The number of rotatable bonds is 5. The van der Waals surface area contributed by atoms with Crippen molar-refractivity contribution >= 4 is 50.4 Å². The number of aliphatic imine (C=N–C) groups is 1. The minimum absolute atomic E-state index is 0.937. The van der Waals surface area contributed by atoms with Gasteiger partial charge in [0.2, 0.25) is 0 Å². The van der Waals surface area contributed by atoms with Crippen molar-refractivity contribution in [2.24, 2.45) is 4.99 Å². The average molecular weight is 603 g/mol. The van der Waals surface area contributed by atoms with Gasteiger partial charge >= 0.3 is 0 Å². The van der Waals surface area contributed by atoms with E-state index < -0.39 is 0 Å². The highest BCUT2D eigenvalue weighted by molar-refractivity contribution is 14.1. The summed E-state index contributed by atoms with van der Waals surface area (Å²) in [7, 11) is 0. The second-order valence-corrected chi connectivity index (χ2v) is 9.77. The van der Waals surface area contributed by atoms with Crippen molar-refractivity contribution in [3.8, 4) is 28.2 Å². The molecule has 5 aromatic rings. The quantitative estimate of drug-likeness (QED) is 0.141. The van der Waals surface area contributed by atoms with Gasteiger partial charge in [-0.05, 0) is 88.3 Å². The van der Waals surface area contributed by atoms with Gasteiger partial charge in [0.1, 0.15) is 0 Å². The molecule has 33 heavy (non-hydrogen) atoms. The van der Waals surface area contributed by atoms with Crippen molar-refractivity contribution in [2.45, 2.75) is 0 Å². The van der Waals surface area contributed by atoms with E-state index >= 15 is 0 Å². The highest BCUT2D eigenvalue weighted by atomic mass is 127. The Labute approximate surface area is 215 Å². The van der Waals surface area contributed by atoms with Crippen molar-refractivity contribution in [3.05, 3.63) is 129 Å². The fourth-order valence-electron chi connectivity index (χ4n) is 3.87. The van der Waals surface area contributed by atoms with Gasteiger partial charge in [0.05, 0.1) is 17.1 Å². The standard InChI is InChI=1S/C29H20BrIN2/c30-24-11-17-27(18-12-24)33-28(21-7-3-1-4-8-21)19-23(29(33)22-9-5-2-6-10-22)20-32-26-15-13-25(31)14-16-26/h1-20H. The molecular formula is C29H20BrIN2. The zero-order chi connectivity index (χ0) is 22.6. The van der Waals surface area contributed by atoms with Gasteiger partial charge in [-0.2, -0.15) is 0 Å². The maximum atomic E-state index is 4.81. The Balaban J connectivity index is 1.76. The number of benzene rings is 4. The summed E-state index contributed by atoms with van der Waals surface area (Å²) in [6, 6.07) is 40.0. The topological polar surface area (TPSA) is 17.3 Å². The summed E-state index contributed by atoms with van der Waals surface area (Å²) in [5.74, 6) is 0. The van der Waals surface area contributed by atoms with Crippen LogP contribution in [0.1, 0.15) is 5.56 Å². The lowest BCUT2D eigenvalue weighted by Gasteiger charge is -2.15. The van der Waals surface area contributed by atoms with Crippen LogP contribution in [-0.4, -0.2) is 10.8 Å². The van der Waals surface area contributed by atoms with Gasteiger partial charge in [-0.1, -0.05) is 76.6 Å². The molecule has 1 heterocycles. The maximum absolute atomic E-state index is 4.81.